The van der Waals surface area contributed by atoms with Gasteiger partial charge < -0.3 is 10.5 Å². The van der Waals surface area contributed by atoms with Gasteiger partial charge in [-0.1, -0.05) is 19.9 Å². The third kappa shape index (κ3) is 4.84. The van der Waals surface area contributed by atoms with Gasteiger partial charge in [0.2, 0.25) is 0 Å². The summed E-state index contributed by atoms with van der Waals surface area (Å²) in [6.07, 6.45) is 1.41. The SMILES string of the molecule is COc1cccc(S(=O)(=O)CCCC(C)(C)CN)c1. The molecule has 108 valence electrons. The molecule has 0 bridgehead atoms. The number of rotatable bonds is 7. The van der Waals surface area contributed by atoms with Crippen LogP contribution >= 0.6 is 0 Å². The lowest BCUT2D eigenvalue weighted by Crippen LogP contribution is -2.24. The maximum absolute atomic E-state index is 12.2. The Morgan fingerprint density at radius 2 is 2.00 bits per heavy atom. The van der Waals surface area contributed by atoms with E-state index in [-0.39, 0.29) is 11.2 Å². The number of sulfone groups is 1. The molecule has 0 fully saturated rings. The van der Waals surface area contributed by atoms with E-state index in [1.807, 2.05) is 13.8 Å². The molecule has 0 unspecified atom stereocenters. The zero-order valence-electron chi connectivity index (χ0n) is 11.8. The molecule has 0 aliphatic rings. The summed E-state index contributed by atoms with van der Waals surface area (Å²) in [5.41, 5.74) is 5.63. The second kappa shape index (κ2) is 6.39. The molecular weight excluding hydrogens is 262 g/mol. The first-order chi connectivity index (χ1) is 8.80. The molecule has 0 saturated heterocycles. The molecule has 0 radical (unpaired) electrons. The average Bonchev–Trinajstić information content (AvgIpc) is 2.38. The average molecular weight is 285 g/mol. The van der Waals surface area contributed by atoms with Gasteiger partial charge in [-0.3, -0.25) is 0 Å². The standard InChI is InChI=1S/C14H23NO3S/c1-14(2,11-15)8-5-9-19(16,17)13-7-4-6-12(10-13)18-3/h4,6-7,10H,5,8-9,11,15H2,1-3H3. The van der Waals surface area contributed by atoms with E-state index in [0.29, 0.717) is 23.6 Å². The molecule has 0 heterocycles. The van der Waals surface area contributed by atoms with Gasteiger partial charge in [0.25, 0.3) is 0 Å². The summed E-state index contributed by atoms with van der Waals surface area (Å²) in [7, 11) is -1.72. The largest absolute Gasteiger partial charge is 0.497 e. The number of hydrogen-bond donors (Lipinski definition) is 1. The zero-order chi connectivity index (χ0) is 14.5. The fourth-order valence-electron chi connectivity index (χ4n) is 1.76. The van der Waals surface area contributed by atoms with Gasteiger partial charge in [0.15, 0.2) is 9.84 Å². The topological polar surface area (TPSA) is 69.4 Å². The summed E-state index contributed by atoms with van der Waals surface area (Å²) in [4.78, 5) is 0.317. The fourth-order valence-corrected chi connectivity index (χ4v) is 3.10. The summed E-state index contributed by atoms with van der Waals surface area (Å²) >= 11 is 0. The smallest absolute Gasteiger partial charge is 0.178 e. The summed E-state index contributed by atoms with van der Waals surface area (Å²) in [5.74, 6) is 0.701. The van der Waals surface area contributed by atoms with E-state index in [0.717, 1.165) is 6.42 Å². The Bertz CT molecular complexity index is 509. The van der Waals surface area contributed by atoms with Crippen LogP contribution in [0.25, 0.3) is 0 Å². The van der Waals surface area contributed by atoms with Gasteiger partial charge in [0.1, 0.15) is 5.75 Å². The molecule has 0 aliphatic carbocycles. The molecule has 1 aromatic rings. The van der Waals surface area contributed by atoms with Crippen LogP contribution in [0.5, 0.6) is 5.75 Å². The van der Waals surface area contributed by atoms with Crippen LogP contribution in [-0.2, 0) is 9.84 Å². The summed E-state index contributed by atoms with van der Waals surface area (Å²) in [6, 6.07) is 6.58. The monoisotopic (exact) mass is 285 g/mol. The van der Waals surface area contributed by atoms with Crippen molar-refractivity contribution in [3.63, 3.8) is 0 Å². The minimum atomic E-state index is -3.24. The Kier molecular flexibility index (Phi) is 5.38. The highest BCUT2D eigenvalue weighted by atomic mass is 32.2. The van der Waals surface area contributed by atoms with Crippen LogP contribution in [0, 0.1) is 5.41 Å². The molecule has 4 nitrogen and oxygen atoms in total. The summed E-state index contributed by atoms with van der Waals surface area (Å²) < 4.78 is 29.4. The van der Waals surface area contributed by atoms with Crippen molar-refractivity contribution in [2.24, 2.45) is 11.1 Å². The molecule has 0 aromatic heterocycles. The lowest BCUT2D eigenvalue weighted by atomic mass is 9.88. The van der Waals surface area contributed by atoms with Crippen LogP contribution in [0.2, 0.25) is 0 Å². The van der Waals surface area contributed by atoms with Gasteiger partial charge in [-0.25, -0.2) is 8.42 Å². The molecule has 1 aromatic carbocycles. The molecule has 0 amide bonds. The molecule has 5 heteroatoms. The normalized spacial score (nSPS) is 12.4. The molecule has 2 N–H and O–H groups in total. The lowest BCUT2D eigenvalue weighted by molar-refractivity contribution is 0.344. The van der Waals surface area contributed by atoms with Crippen molar-refractivity contribution in [3.8, 4) is 5.75 Å². The van der Waals surface area contributed by atoms with Crippen LogP contribution in [0.3, 0.4) is 0 Å². The molecule has 0 spiro atoms. The predicted molar refractivity (Wildman–Crippen MR) is 77.1 cm³/mol. The van der Waals surface area contributed by atoms with Gasteiger partial charge in [0.05, 0.1) is 17.8 Å². The van der Waals surface area contributed by atoms with Crippen LogP contribution in [-0.4, -0.2) is 27.8 Å². The van der Waals surface area contributed by atoms with Crippen LogP contribution in [0.4, 0.5) is 0 Å². The van der Waals surface area contributed by atoms with Gasteiger partial charge in [-0.05, 0) is 43.0 Å². The van der Waals surface area contributed by atoms with Crippen molar-refractivity contribution in [2.45, 2.75) is 31.6 Å². The Morgan fingerprint density at radius 1 is 1.32 bits per heavy atom. The number of nitrogens with two attached hydrogens (primary N) is 1. The van der Waals surface area contributed by atoms with E-state index in [4.69, 9.17) is 10.5 Å². The zero-order valence-corrected chi connectivity index (χ0v) is 12.7. The van der Waals surface area contributed by atoms with Gasteiger partial charge in [-0.15, -0.1) is 0 Å². The van der Waals surface area contributed by atoms with E-state index in [2.05, 4.69) is 0 Å². The van der Waals surface area contributed by atoms with Crippen molar-refractivity contribution < 1.29 is 13.2 Å². The Morgan fingerprint density at radius 3 is 2.58 bits per heavy atom. The van der Waals surface area contributed by atoms with Crippen LogP contribution in [0.15, 0.2) is 29.2 Å². The maximum Gasteiger partial charge on any atom is 0.178 e. The molecule has 0 atom stereocenters. The van der Waals surface area contributed by atoms with Crippen molar-refractivity contribution in [1.29, 1.82) is 0 Å². The first kappa shape index (κ1) is 16.0. The highest BCUT2D eigenvalue weighted by molar-refractivity contribution is 7.91. The third-order valence-corrected chi connectivity index (χ3v) is 5.02. The minimum Gasteiger partial charge on any atom is -0.497 e. The van der Waals surface area contributed by atoms with E-state index in [1.165, 1.54) is 7.11 Å². The first-order valence-corrected chi connectivity index (χ1v) is 8.03. The van der Waals surface area contributed by atoms with E-state index in [9.17, 15) is 8.42 Å². The second-order valence-electron chi connectivity index (χ2n) is 5.47. The molecule has 19 heavy (non-hydrogen) atoms. The first-order valence-electron chi connectivity index (χ1n) is 6.38. The number of ether oxygens (including phenoxy) is 1. The maximum atomic E-state index is 12.2. The van der Waals surface area contributed by atoms with Gasteiger partial charge in [-0.2, -0.15) is 0 Å². The Balaban J connectivity index is 2.71. The quantitative estimate of drug-likeness (QED) is 0.834. The van der Waals surface area contributed by atoms with Crippen LogP contribution < -0.4 is 10.5 Å². The molecular formula is C14H23NO3S. The highest BCUT2D eigenvalue weighted by Gasteiger charge is 2.19. The Hall–Kier alpha value is -1.07. The van der Waals surface area contributed by atoms with Gasteiger partial charge in [0, 0.05) is 0 Å². The van der Waals surface area contributed by atoms with Crippen LogP contribution in [0.1, 0.15) is 26.7 Å². The van der Waals surface area contributed by atoms with Crippen molar-refractivity contribution in [2.75, 3.05) is 19.4 Å². The molecule has 1 rings (SSSR count). The van der Waals surface area contributed by atoms with E-state index in [1.54, 1.807) is 24.3 Å². The van der Waals surface area contributed by atoms with E-state index >= 15 is 0 Å². The number of hydrogen-bond acceptors (Lipinski definition) is 4. The Labute approximate surface area is 115 Å². The lowest BCUT2D eigenvalue weighted by Gasteiger charge is -2.21. The van der Waals surface area contributed by atoms with E-state index < -0.39 is 9.84 Å². The third-order valence-electron chi connectivity index (χ3n) is 3.22. The highest BCUT2D eigenvalue weighted by Crippen LogP contribution is 2.23. The fraction of sp³-hybridized carbons (Fsp3) is 0.571. The predicted octanol–water partition coefficient (Wildman–Crippen LogP) is 2.23. The molecule has 0 saturated carbocycles. The van der Waals surface area contributed by atoms with Crippen molar-refractivity contribution in [3.05, 3.63) is 24.3 Å². The van der Waals surface area contributed by atoms with Crippen molar-refractivity contribution in [1.82, 2.24) is 0 Å². The number of benzene rings is 1. The number of methoxy groups -OCH3 is 1. The second-order valence-corrected chi connectivity index (χ2v) is 7.58. The summed E-state index contributed by atoms with van der Waals surface area (Å²) in [6.45, 7) is 4.66. The minimum absolute atomic E-state index is 0.0100. The van der Waals surface area contributed by atoms with Crippen molar-refractivity contribution >= 4 is 9.84 Å². The van der Waals surface area contributed by atoms with Gasteiger partial charge >= 0.3 is 0 Å². The molecule has 0 aliphatic heterocycles. The summed E-state index contributed by atoms with van der Waals surface area (Å²) in [5, 5.41) is 0.